The summed E-state index contributed by atoms with van der Waals surface area (Å²) in [5.41, 5.74) is 1.87. The molecule has 0 saturated heterocycles. The second-order valence-electron chi connectivity index (χ2n) is 10.1. The average molecular weight is 486 g/mol. The second-order valence-corrected chi connectivity index (χ2v) is 10.1. The van der Waals surface area contributed by atoms with Crippen LogP contribution in [0.4, 0.5) is 24.1 Å². The smallest absolute Gasteiger partial charge is 0.428 e. The molecule has 0 bridgehead atoms. The van der Waals surface area contributed by atoms with Gasteiger partial charge < -0.3 is 24.7 Å². The first-order valence-corrected chi connectivity index (χ1v) is 10.7. The molecule has 1 aromatic rings. The van der Waals surface area contributed by atoms with Crippen molar-refractivity contribution in [3.05, 3.63) is 29.6 Å². The van der Waals surface area contributed by atoms with Crippen LogP contribution in [0.1, 0.15) is 54.0 Å². The van der Waals surface area contributed by atoms with Crippen LogP contribution in [0.15, 0.2) is 23.2 Å². The Morgan fingerprint density at radius 3 is 2.15 bits per heavy atom. The molecule has 0 aliphatic carbocycles. The molecule has 34 heavy (non-hydrogen) atoms. The van der Waals surface area contributed by atoms with Crippen LogP contribution in [0.5, 0.6) is 0 Å². The highest BCUT2D eigenvalue weighted by atomic mass is 19.1. The van der Waals surface area contributed by atoms with Crippen molar-refractivity contribution in [3.8, 4) is 0 Å². The van der Waals surface area contributed by atoms with Crippen molar-refractivity contribution in [2.75, 3.05) is 19.5 Å². The molecular formula is C23H33F2N3O6. The van der Waals surface area contributed by atoms with Crippen molar-refractivity contribution in [1.82, 2.24) is 4.90 Å². The molecular weight excluding hydrogens is 452 g/mol. The minimum absolute atomic E-state index is 0.174. The largest absolute Gasteiger partial charge is 0.455 e. The number of halogens is 2. The number of imide groups is 1. The number of rotatable bonds is 3. The van der Waals surface area contributed by atoms with Crippen molar-refractivity contribution in [1.29, 1.82) is 0 Å². The summed E-state index contributed by atoms with van der Waals surface area (Å²) in [6.45, 7) is 10.6. The molecule has 0 aromatic heterocycles. The lowest BCUT2D eigenvalue weighted by molar-refractivity contribution is -0.0409. The Hall–Kier alpha value is -2.95. The Labute approximate surface area is 198 Å². The van der Waals surface area contributed by atoms with E-state index in [4.69, 9.17) is 24.7 Å². The van der Waals surface area contributed by atoms with Crippen molar-refractivity contribution in [2.45, 2.75) is 77.5 Å². The van der Waals surface area contributed by atoms with Crippen LogP contribution >= 0.6 is 0 Å². The van der Waals surface area contributed by atoms with Crippen LogP contribution in [-0.2, 0) is 24.5 Å². The molecule has 0 saturated carbocycles. The first kappa shape index (κ1) is 27.3. The SMILES string of the molecule is COC[C@H]1OC(N(C(=O)OC(C)(C)C)C(=O)OC(C)(C)C)=N[C@](C)(c2cc(N)ccc2F)[C@H]1F. The Bertz CT molecular complexity index is 929. The number of anilines is 1. The fourth-order valence-corrected chi connectivity index (χ4v) is 3.21. The number of amidine groups is 1. The van der Waals surface area contributed by atoms with Crippen molar-refractivity contribution in [2.24, 2.45) is 4.99 Å². The summed E-state index contributed by atoms with van der Waals surface area (Å²) >= 11 is 0. The van der Waals surface area contributed by atoms with E-state index in [0.717, 1.165) is 6.07 Å². The maximum atomic E-state index is 15.7. The zero-order chi connectivity index (χ0) is 26.1. The van der Waals surface area contributed by atoms with Gasteiger partial charge in [0, 0.05) is 18.4 Å². The Morgan fingerprint density at radius 1 is 1.15 bits per heavy atom. The Morgan fingerprint density at radius 2 is 1.68 bits per heavy atom. The first-order chi connectivity index (χ1) is 15.5. The lowest BCUT2D eigenvalue weighted by atomic mass is 9.84. The maximum Gasteiger partial charge on any atom is 0.428 e. The molecule has 2 rings (SSSR count). The molecule has 0 spiro atoms. The molecule has 1 aliphatic heterocycles. The van der Waals surface area contributed by atoms with Gasteiger partial charge in [-0.25, -0.2) is 23.4 Å². The number of alkyl halides is 1. The number of nitrogens with zero attached hydrogens (tertiary/aromatic N) is 2. The maximum absolute atomic E-state index is 15.7. The van der Waals surface area contributed by atoms with Gasteiger partial charge in [0.15, 0.2) is 12.3 Å². The van der Waals surface area contributed by atoms with E-state index < -0.39 is 53.0 Å². The van der Waals surface area contributed by atoms with Crippen LogP contribution in [0.25, 0.3) is 0 Å². The molecule has 0 fully saturated rings. The van der Waals surface area contributed by atoms with E-state index in [1.165, 1.54) is 26.2 Å². The van der Waals surface area contributed by atoms with Gasteiger partial charge in [-0.1, -0.05) is 0 Å². The van der Waals surface area contributed by atoms with E-state index >= 15 is 4.39 Å². The highest BCUT2D eigenvalue weighted by Crippen LogP contribution is 2.40. The number of ether oxygens (including phenoxy) is 4. The number of benzene rings is 1. The molecule has 1 aliphatic rings. The van der Waals surface area contributed by atoms with Crippen LogP contribution in [0.3, 0.4) is 0 Å². The number of hydrogen-bond acceptors (Lipinski definition) is 8. The molecule has 1 heterocycles. The molecule has 11 heteroatoms. The number of carbonyl (C=O) groups excluding carboxylic acids is 2. The van der Waals surface area contributed by atoms with Crippen LogP contribution in [-0.4, -0.2) is 60.3 Å². The number of nitrogen functional groups attached to an aromatic ring is 1. The number of amides is 2. The lowest BCUT2D eigenvalue weighted by Crippen LogP contribution is -2.56. The molecule has 0 unspecified atom stereocenters. The molecule has 3 atom stereocenters. The highest BCUT2D eigenvalue weighted by Gasteiger charge is 2.51. The zero-order valence-electron chi connectivity index (χ0n) is 20.8. The van der Waals surface area contributed by atoms with E-state index in [-0.39, 0.29) is 17.9 Å². The third-order valence-electron chi connectivity index (χ3n) is 4.66. The Balaban J connectivity index is 2.70. The minimum atomic E-state index is -1.93. The number of aliphatic imine (C=N–C) groups is 1. The normalized spacial score (nSPS) is 22.9. The first-order valence-electron chi connectivity index (χ1n) is 10.7. The van der Waals surface area contributed by atoms with Gasteiger partial charge in [-0.2, -0.15) is 0 Å². The summed E-state index contributed by atoms with van der Waals surface area (Å²) in [5.74, 6) is -0.776. The van der Waals surface area contributed by atoms with E-state index in [1.54, 1.807) is 41.5 Å². The molecule has 9 nitrogen and oxygen atoms in total. The quantitative estimate of drug-likeness (QED) is 0.626. The topological polar surface area (TPSA) is 113 Å². The minimum Gasteiger partial charge on any atom is -0.455 e. The second kappa shape index (κ2) is 9.73. The van der Waals surface area contributed by atoms with Crippen LogP contribution in [0.2, 0.25) is 0 Å². The highest BCUT2D eigenvalue weighted by molar-refractivity contribution is 6.06. The van der Waals surface area contributed by atoms with E-state index in [9.17, 15) is 14.0 Å². The number of nitrogens with two attached hydrogens (primary N) is 1. The molecule has 2 amide bonds. The summed E-state index contributed by atoms with van der Waals surface area (Å²) in [6, 6.07) is 3.02. The third-order valence-corrected chi connectivity index (χ3v) is 4.66. The predicted octanol–water partition coefficient (Wildman–Crippen LogP) is 4.53. The summed E-state index contributed by atoms with van der Waals surface area (Å²) in [6.07, 6.45) is -5.60. The zero-order valence-corrected chi connectivity index (χ0v) is 20.8. The molecule has 190 valence electrons. The predicted molar refractivity (Wildman–Crippen MR) is 122 cm³/mol. The van der Waals surface area contributed by atoms with Gasteiger partial charge in [0.05, 0.1) is 6.61 Å². The van der Waals surface area contributed by atoms with E-state index in [2.05, 4.69) is 4.99 Å². The van der Waals surface area contributed by atoms with E-state index in [1.807, 2.05) is 0 Å². The van der Waals surface area contributed by atoms with E-state index in [0.29, 0.717) is 4.90 Å². The van der Waals surface area contributed by atoms with Crippen LogP contribution in [0, 0.1) is 5.82 Å². The average Bonchev–Trinajstić information content (AvgIpc) is 2.65. The van der Waals surface area contributed by atoms with Crippen LogP contribution < -0.4 is 5.73 Å². The van der Waals surface area contributed by atoms with Gasteiger partial charge in [0.2, 0.25) is 0 Å². The van der Waals surface area contributed by atoms with Gasteiger partial charge in [-0.3, -0.25) is 0 Å². The summed E-state index contributed by atoms with van der Waals surface area (Å²) < 4.78 is 51.8. The molecule has 2 N–H and O–H groups in total. The van der Waals surface area contributed by atoms with Crippen molar-refractivity contribution >= 4 is 23.9 Å². The fourth-order valence-electron chi connectivity index (χ4n) is 3.21. The monoisotopic (exact) mass is 485 g/mol. The van der Waals surface area contributed by atoms with Crippen molar-refractivity contribution < 1.29 is 37.3 Å². The number of hydrogen-bond donors (Lipinski definition) is 1. The summed E-state index contributed by atoms with van der Waals surface area (Å²) in [5, 5.41) is 0. The molecule has 0 radical (unpaired) electrons. The number of carbonyl (C=O) groups is 2. The third kappa shape index (κ3) is 6.34. The summed E-state index contributed by atoms with van der Waals surface area (Å²) in [7, 11) is 1.32. The van der Waals surface area contributed by atoms with Gasteiger partial charge >= 0.3 is 18.2 Å². The van der Waals surface area contributed by atoms with Gasteiger partial charge in [-0.05, 0) is 66.7 Å². The Kier molecular flexibility index (Phi) is 7.81. The van der Waals surface area contributed by atoms with Gasteiger partial charge in [0.1, 0.15) is 22.6 Å². The van der Waals surface area contributed by atoms with Crippen molar-refractivity contribution in [3.63, 3.8) is 0 Å². The standard InChI is InChI=1S/C23H33F2N3O6/c1-21(2,3)33-19(29)28(20(30)34-22(4,5)6)18-27-23(7,17(25)16(32-18)12-31-8)14-11-13(26)9-10-15(14)24/h9-11,16-17H,12,26H2,1-8H3/t16-,17+,23-/m1/s1. The molecule has 1 aromatic carbocycles. The fraction of sp³-hybridized carbons (Fsp3) is 0.609. The lowest BCUT2D eigenvalue weighted by Gasteiger charge is -2.40. The number of methoxy groups -OCH3 is 1. The summed E-state index contributed by atoms with van der Waals surface area (Å²) in [4.78, 5) is 30.7. The van der Waals surface area contributed by atoms with Gasteiger partial charge in [0.25, 0.3) is 0 Å². The van der Waals surface area contributed by atoms with Gasteiger partial charge in [-0.15, -0.1) is 4.90 Å².